The predicted molar refractivity (Wildman–Crippen MR) is 76.9 cm³/mol. The molecule has 0 heterocycles. The Morgan fingerprint density at radius 1 is 1.32 bits per heavy atom. The molecule has 0 aliphatic carbocycles. The maximum absolute atomic E-state index is 12.0. The molecule has 1 aromatic carbocycles. The number of nitrogens with one attached hydrogen (secondary N) is 2. The summed E-state index contributed by atoms with van der Waals surface area (Å²) >= 11 is 0. The Morgan fingerprint density at radius 2 is 2.00 bits per heavy atom. The monoisotopic (exact) mass is 303 g/mol. The van der Waals surface area contributed by atoms with Crippen LogP contribution >= 0.6 is 12.4 Å². The van der Waals surface area contributed by atoms with Gasteiger partial charge in [-0.1, -0.05) is 19.1 Å². The summed E-state index contributed by atoms with van der Waals surface area (Å²) in [5, 5.41) is 12.0. The standard InChI is InChI=1S/C12H17N3O2S.ClH/c1-3-14-7-8-15-18(16,17)12-6-4-5-10(2)11(12)9-13;/h4-6,14-15H,3,7-8H2,1-2H3;1H. The summed E-state index contributed by atoms with van der Waals surface area (Å²) in [7, 11) is -3.62. The van der Waals surface area contributed by atoms with Gasteiger partial charge in [-0.15, -0.1) is 12.4 Å². The van der Waals surface area contributed by atoms with E-state index in [0.29, 0.717) is 18.7 Å². The van der Waals surface area contributed by atoms with Crippen molar-refractivity contribution in [2.75, 3.05) is 19.6 Å². The van der Waals surface area contributed by atoms with E-state index >= 15 is 0 Å². The van der Waals surface area contributed by atoms with Crippen molar-refractivity contribution >= 4 is 22.4 Å². The molecule has 0 unspecified atom stereocenters. The number of hydrogen-bond acceptors (Lipinski definition) is 4. The molecular formula is C12H18ClN3O2S. The molecule has 0 spiro atoms. The van der Waals surface area contributed by atoms with Gasteiger partial charge in [-0.3, -0.25) is 0 Å². The molecule has 0 atom stereocenters. The maximum Gasteiger partial charge on any atom is 0.241 e. The number of likely N-dealkylation sites (N-methyl/N-ethyl adjacent to an activating group) is 1. The number of halogens is 1. The van der Waals surface area contributed by atoms with Crippen molar-refractivity contribution < 1.29 is 8.42 Å². The van der Waals surface area contributed by atoms with Crippen LogP contribution in [-0.4, -0.2) is 28.1 Å². The van der Waals surface area contributed by atoms with Crippen LogP contribution in [0.15, 0.2) is 23.1 Å². The first-order valence-electron chi connectivity index (χ1n) is 5.73. The van der Waals surface area contributed by atoms with Gasteiger partial charge in [0.25, 0.3) is 0 Å². The second-order valence-electron chi connectivity index (χ2n) is 3.81. The number of nitrogens with zero attached hydrogens (tertiary/aromatic N) is 1. The lowest BCUT2D eigenvalue weighted by Gasteiger charge is -2.09. The average molecular weight is 304 g/mol. The summed E-state index contributed by atoms with van der Waals surface area (Å²) in [5.41, 5.74) is 0.862. The fourth-order valence-corrected chi connectivity index (χ4v) is 2.80. The molecule has 1 rings (SSSR count). The fourth-order valence-electron chi connectivity index (χ4n) is 1.54. The first kappa shape index (κ1) is 17.9. The van der Waals surface area contributed by atoms with Crippen LogP contribution in [0.3, 0.4) is 0 Å². The van der Waals surface area contributed by atoms with Gasteiger partial charge in [-0.05, 0) is 25.1 Å². The Morgan fingerprint density at radius 3 is 2.58 bits per heavy atom. The second-order valence-corrected chi connectivity index (χ2v) is 5.55. The highest BCUT2D eigenvalue weighted by molar-refractivity contribution is 7.89. The van der Waals surface area contributed by atoms with Crippen LogP contribution in [-0.2, 0) is 10.0 Å². The zero-order valence-electron chi connectivity index (χ0n) is 10.9. The van der Waals surface area contributed by atoms with Gasteiger partial charge in [-0.25, -0.2) is 13.1 Å². The molecule has 0 aliphatic rings. The number of benzene rings is 1. The summed E-state index contributed by atoms with van der Waals surface area (Å²) < 4.78 is 26.5. The third-order valence-electron chi connectivity index (χ3n) is 2.48. The Hall–Kier alpha value is -1.13. The van der Waals surface area contributed by atoms with Gasteiger partial charge < -0.3 is 5.32 Å². The van der Waals surface area contributed by atoms with Crippen molar-refractivity contribution in [2.24, 2.45) is 0 Å². The number of sulfonamides is 1. The molecule has 0 radical (unpaired) electrons. The van der Waals surface area contributed by atoms with Crippen molar-refractivity contribution in [2.45, 2.75) is 18.7 Å². The van der Waals surface area contributed by atoms with E-state index in [1.54, 1.807) is 19.1 Å². The van der Waals surface area contributed by atoms with E-state index in [9.17, 15) is 8.42 Å². The number of nitriles is 1. The van der Waals surface area contributed by atoms with Crippen molar-refractivity contribution in [3.05, 3.63) is 29.3 Å². The van der Waals surface area contributed by atoms with Gasteiger partial charge in [0, 0.05) is 13.1 Å². The number of rotatable bonds is 6. The van der Waals surface area contributed by atoms with Crippen LogP contribution in [0.25, 0.3) is 0 Å². The van der Waals surface area contributed by atoms with E-state index in [-0.39, 0.29) is 22.9 Å². The lowest BCUT2D eigenvalue weighted by Crippen LogP contribution is -2.32. The Balaban J connectivity index is 0.00000324. The van der Waals surface area contributed by atoms with Gasteiger partial charge in [0.2, 0.25) is 10.0 Å². The first-order valence-corrected chi connectivity index (χ1v) is 7.21. The zero-order valence-corrected chi connectivity index (χ0v) is 12.6. The molecular weight excluding hydrogens is 286 g/mol. The van der Waals surface area contributed by atoms with Crippen molar-refractivity contribution in [1.82, 2.24) is 10.0 Å². The lowest BCUT2D eigenvalue weighted by molar-refractivity contribution is 0.577. The van der Waals surface area contributed by atoms with Crippen LogP contribution < -0.4 is 10.0 Å². The molecule has 0 aliphatic heterocycles. The topological polar surface area (TPSA) is 82.0 Å². The summed E-state index contributed by atoms with van der Waals surface area (Å²) in [6.07, 6.45) is 0. The van der Waals surface area contributed by atoms with Crippen molar-refractivity contribution in [1.29, 1.82) is 5.26 Å². The molecule has 19 heavy (non-hydrogen) atoms. The summed E-state index contributed by atoms with van der Waals surface area (Å²) in [5.74, 6) is 0. The minimum Gasteiger partial charge on any atom is -0.316 e. The van der Waals surface area contributed by atoms with E-state index in [2.05, 4.69) is 10.0 Å². The van der Waals surface area contributed by atoms with Crippen LogP contribution in [0, 0.1) is 18.3 Å². The van der Waals surface area contributed by atoms with Gasteiger partial charge in [0.1, 0.15) is 6.07 Å². The van der Waals surface area contributed by atoms with E-state index in [0.717, 1.165) is 6.54 Å². The summed E-state index contributed by atoms with van der Waals surface area (Å²) in [4.78, 5) is 0.0431. The van der Waals surface area contributed by atoms with Crippen LogP contribution in [0.5, 0.6) is 0 Å². The van der Waals surface area contributed by atoms with Crippen LogP contribution in [0.4, 0.5) is 0 Å². The fraction of sp³-hybridized carbons (Fsp3) is 0.417. The Labute approximate surface area is 120 Å². The molecule has 2 N–H and O–H groups in total. The van der Waals surface area contributed by atoms with Gasteiger partial charge in [0.15, 0.2) is 0 Å². The van der Waals surface area contributed by atoms with E-state index in [1.807, 2.05) is 13.0 Å². The quantitative estimate of drug-likeness (QED) is 0.773. The molecule has 0 amide bonds. The molecule has 0 saturated heterocycles. The lowest BCUT2D eigenvalue weighted by atomic mass is 10.1. The SMILES string of the molecule is CCNCCNS(=O)(=O)c1cccc(C)c1C#N.Cl. The van der Waals surface area contributed by atoms with Crippen molar-refractivity contribution in [3.8, 4) is 6.07 Å². The molecule has 5 nitrogen and oxygen atoms in total. The van der Waals surface area contributed by atoms with E-state index < -0.39 is 10.0 Å². The van der Waals surface area contributed by atoms with Crippen LogP contribution in [0.2, 0.25) is 0 Å². The molecule has 1 aromatic rings. The zero-order chi connectivity index (χ0) is 13.6. The highest BCUT2D eigenvalue weighted by Crippen LogP contribution is 2.17. The Kier molecular flexibility index (Phi) is 7.64. The van der Waals surface area contributed by atoms with Gasteiger partial charge >= 0.3 is 0 Å². The smallest absolute Gasteiger partial charge is 0.241 e. The highest BCUT2D eigenvalue weighted by atomic mass is 35.5. The van der Waals surface area contributed by atoms with Crippen LogP contribution in [0.1, 0.15) is 18.1 Å². The number of hydrogen-bond donors (Lipinski definition) is 2. The third-order valence-corrected chi connectivity index (χ3v) is 3.98. The molecule has 0 fully saturated rings. The number of aryl methyl sites for hydroxylation is 1. The van der Waals surface area contributed by atoms with Gasteiger partial charge in [-0.2, -0.15) is 5.26 Å². The van der Waals surface area contributed by atoms with Gasteiger partial charge in [0.05, 0.1) is 10.5 Å². The minimum absolute atomic E-state index is 0. The average Bonchev–Trinajstić information content (AvgIpc) is 2.34. The summed E-state index contributed by atoms with van der Waals surface area (Å²) in [6, 6.07) is 6.73. The first-order chi connectivity index (χ1) is 8.53. The molecule has 0 saturated carbocycles. The van der Waals surface area contributed by atoms with Crippen molar-refractivity contribution in [3.63, 3.8) is 0 Å². The minimum atomic E-state index is -3.62. The Bertz CT molecular complexity index is 553. The highest BCUT2D eigenvalue weighted by Gasteiger charge is 2.18. The normalized spacial score (nSPS) is 10.6. The largest absolute Gasteiger partial charge is 0.316 e. The second kappa shape index (κ2) is 8.12. The maximum atomic E-state index is 12.0. The third kappa shape index (κ3) is 4.80. The molecule has 0 aromatic heterocycles. The molecule has 7 heteroatoms. The predicted octanol–water partition coefficient (Wildman–Crippen LogP) is 1.18. The molecule has 0 bridgehead atoms. The summed E-state index contributed by atoms with van der Waals surface area (Å²) in [6.45, 7) is 5.31. The van der Waals surface area contributed by atoms with E-state index in [1.165, 1.54) is 6.07 Å². The van der Waals surface area contributed by atoms with E-state index in [4.69, 9.17) is 5.26 Å². The molecule has 106 valence electrons.